The van der Waals surface area contributed by atoms with Crippen molar-refractivity contribution in [2.75, 3.05) is 0 Å². The third kappa shape index (κ3) is 5.21. The van der Waals surface area contributed by atoms with E-state index in [1.165, 1.54) is 52.0 Å². The fourth-order valence-corrected chi connectivity index (χ4v) is 4.37. The number of hydrogen-bond acceptors (Lipinski definition) is 0. The quantitative estimate of drug-likeness (QED) is 0.471. The molecule has 0 radical (unpaired) electrons. The average Bonchev–Trinajstić information content (AvgIpc) is 3.22. The van der Waals surface area contributed by atoms with Crippen LogP contribution < -0.4 is 10.4 Å². The minimum Gasteiger partial charge on any atom is -0.0776 e. The standard InChI is InChI=1S/C14H20.C14H18.CH4/c2*1-10-8-12(14(2,3)4)9-11-6-5-7-13(10)11;/h8-9H,5-7H2,1-4H3;6-9H,5H2,1-4H3;1H4. The lowest BCUT2D eigenvalue weighted by molar-refractivity contribution is 0.588. The normalized spacial score (nSPS) is 14.6. The van der Waals surface area contributed by atoms with Crippen molar-refractivity contribution in [3.8, 4) is 0 Å². The molecule has 0 nitrogen and oxygen atoms in total. The summed E-state index contributed by atoms with van der Waals surface area (Å²) in [6, 6.07) is 9.47. The minimum absolute atomic E-state index is 0. The Morgan fingerprint density at radius 2 is 1.28 bits per heavy atom. The first-order chi connectivity index (χ1) is 13.0. The van der Waals surface area contributed by atoms with E-state index in [0.717, 1.165) is 6.42 Å². The highest BCUT2D eigenvalue weighted by molar-refractivity contribution is 5.50. The molecule has 0 atom stereocenters. The fourth-order valence-electron chi connectivity index (χ4n) is 4.37. The van der Waals surface area contributed by atoms with Crippen LogP contribution in [0.15, 0.2) is 24.3 Å². The van der Waals surface area contributed by atoms with Gasteiger partial charge in [-0.15, -0.1) is 0 Å². The van der Waals surface area contributed by atoms with E-state index in [9.17, 15) is 0 Å². The molecule has 0 heteroatoms. The van der Waals surface area contributed by atoms with Crippen LogP contribution in [-0.2, 0) is 23.7 Å². The van der Waals surface area contributed by atoms with Crippen LogP contribution in [-0.4, -0.2) is 0 Å². The van der Waals surface area contributed by atoms with E-state index in [1.54, 1.807) is 11.1 Å². The Hall–Kier alpha value is -1.82. The van der Waals surface area contributed by atoms with Crippen molar-refractivity contribution in [3.05, 3.63) is 68.1 Å². The largest absolute Gasteiger partial charge is 0.0776 e. The van der Waals surface area contributed by atoms with Crippen molar-refractivity contribution < 1.29 is 0 Å². The van der Waals surface area contributed by atoms with E-state index >= 15 is 0 Å². The highest BCUT2D eigenvalue weighted by Gasteiger charge is 2.19. The molecule has 2 aromatic rings. The van der Waals surface area contributed by atoms with Gasteiger partial charge < -0.3 is 0 Å². The SMILES string of the molecule is C.Cc1cc(C(C)(C)C)cc2c1=CCC=2.Cc1cc(C(C)(C)C)cc2c1CCC2. The van der Waals surface area contributed by atoms with Crippen molar-refractivity contribution in [3.63, 3.8) is 0 Å². The van der Waals surface area contributed by atoms with Gasteiger partial charge in [0.05, 0.1) is 0 Å². The molecule has 0 aliphatic heterocycles. The van der Waals surface area contributed by atoms with E-state index in [0.29, 0.717) is 5.41 Å². The van der Waals surface area contributed by atoms with Crippen molar-refractivity contribution in [1.29, 1.82) is 0 Å². The molecule has 2 aromatic carbocycles. The molecule has 0 unspecified atom stereocenters. The summed E-state index contributed by atoms with van der Waals surface area (Å²) in [4.78, 5) is 0. The monoisotopic (exact) mass is 390 g/mol. The third-order valence-electron chi connectivity index (χ3n) is 6.25. The van der Waals surface area contributed by atoms with Crippen LogP contribution in [0, 0.1) is 13.8 Å². The van der Waals surface area contributed by atoms with Gasteiger partial charge in [-0.3, -0.25) is 0 Å². The van der Waals surface area contributed by atoms with Gasteiger partial charge in [-0.2, -0.15) is 0 Å². The van der Waals surface area contributed by atoms with Crippen LogP contribution in [0.2, 0.25) is 0 Å². The summed E-state index contributed by atoms with van der Waals surface area (Å²) < 4.78 is 0. The maximum absolute atomic E-state index is 2.43. The molecule has 0 bridgehead atoms. The van der Waals surface area contributed by atoms with Crippen LogP contribution in [0.4, 0.5) is 0 Å². The van der Waals surface area contributed by atoms with Crippen molar-refractivity contribution in [2.45, 2.75) is 99.3 Å². The number of hydrogen-bond donors (Lipinski definition) is 0. The molecule has 29 heavy (non-hydrogen) atoms. The van der Waals surface area contributed by atoms with Gasteiger partial charge in [0.25, 0.3) is 0 Å². The zero-order valence-corrected chi connectivity index (χ0v) is 19.3. The summed E-state index contributed by atoms with van der Waals surface area (Å²) in [7, 11) is 0. The van der Waals surface area contributed by atoms with Gasteiger partial charge >= 0.3 is 0 Å². The van der Waals surface area contributed by atoms with Crippen LogP contribution in [0.25, 0.3) is 12.2 Å². The Labute approximate surface area is 179 Å². The van der Waals surface area contributed by atoms with Gasteiger partial charge in [0.1, 0.15) is 0 Å². The van der Waals surface area contributed by atoms with E-state index < -0.39 is 0 Å². The molecule has 0 aromatic heterocycles. The molecule has 2 aliphatic carbocycles. The number of rotatable bonds is 0. The number of aryl methyl sites for hydroxylation is 3. The smallest absolute Gasteiger partial charge is 0.0132 e. The van der Waals surface area contributed by atoms with Gasteiger partial charge in [-0.25, -0.2) is 0 Å². The molecule has 4 rings (SSSR count). The molecular formula is C29H42. The summed E-state index contributed by atoms with van der Waals surface area (Å²) in [5, 5.41) is 2.87. The first-order valence-electron chi connectivity index (χ1n) is 10.9. The lowest BCUT2D eigenvalue weighted by Crippen LogP contribution is -2.27. The number of fused-ring (bicyclic) bond motifs is 2. The summed E-state index contributed by atoms with van der Waals surface area (Å²) in [5.74, 6) is 0. The highest BCUT2D eigenvalue weighted by atomic mass is 14.2. The van der Waals surface area contributed by atoms with E-state index in [1.807, 2.05) is 0 Å². The third-order valence-corrected chi connectivity index (χ3v) is 6.25. The zero-order valence-electron chi connectivity index (χ0n) is 19.3. The molecule has 0 amide bonds. The van der Waals surface area contributed by atoms with Gasteiger partial charge in [0.15, 0.2) is 0 Å². The van der Waals surface area contributed by atoms with E-state index in [2.05, 4.69) is 91.8 Å². The van der Waals surface area contributed by atoms with Gasteiger partial charge in [-0.1, -0.05) is 85.4 Å². The van der Waals surface area contributed by atoms with Crippen molar-refractivity contribution in [1.82, 2.24) is 0 Å². The van der Waals surface area contributed by atoms with Crippen LogP contribution in [0.1, 0.15) is 95.2 Å². The maximum atomic E-state index is 2.43. The van der Waals surface area contributed by atoms with Crippen molar-refractivity contribution in [2.24, 2.45) is 0 Å². The topological polar surface area (TPSA) is 0 Å². The molecule has 0 N–H and O–H groups in total. The molecule has 0 fully saturated rings. The fraction of sp³-hybridized carbons (Fsp3) is 0.517. The molecule has 0 saturated heterocycles. The van der Waals surface area contributed by atoms with Crippen LogP contribution >= 0.6 is 0 Å². The van der Waals surface area contributed by atoms with E-state index in [4.69, 9.17) is 0 Å². The Kier molecular flexibility index (Phi) is 6.88. The molecular weight excluding hydrogens is 348 g/mol. The summed E-state index contributed by atoms with van der Waals surface area (Å²) in [6.07, 6.45) is 9.67. The zero-order chi connectivity index (χ0) is 20.7. The Morgan fingerprint density at radius 1 is 0.690 bits per heavy atom. The Morgan fingerprint density at radius 3 is 1.90 bits per heavy atom. The van der Waals surface area contributed by atoms with Crippen molar-refractivity contribution >= 4 is 12.2 Å². The lowest BCUT2D eigenvalue weighted by atomic mass is 9.84. The van der Waals surface area contributed by atoms with Gasteiger partial charge in [-0.05, 0) is 94.2 Å². The lowest BCUT2D eigenvalue weighted by Gasteiger charge is -2.21. The van der Waals surface area contributed by atoms with Crippen LogP contribution in [0.5, 0.6) is 0 Å². The maximum Gasteiger partial charge on any atom is -0.0132 e. The first kappa shape index (κ1) is 23.5. The second kappa shape index (κ2) is 8.50. The second-order valence-electron chi connectivity index (χ2n) is 10.7. The molecule has 2 aliphatic rings. The average molecular weight is 391 g/mol. The van der Waals surface area contributed by atoms with Gasteiger partial charge in [0, 0.05) is 0 Å². The predicted molar refractivity (Wildman–Crippen MR) is 131 cm³/mol. The Balaban J connectivity index is 0.000000200. The minimum atomic E-state index is 0. The van der Waals surface area contributed by atoms with E-state index in [-0.39, 0.29) is 12.8 Å². The Bertz CT molecular complexity index is 988. The summed E-state index contributed by atoms with van der Waals surface area (Å²) in [5.41, 5.74) is 9.65. The molecule has 0 spiro atoms. The summed E-state index contributed by atoms with van der Waals surface area (Å²) in [6.45, 7) is 18.2. The molecule has 0 saturated carbocycles. The highest BCUT2D eigenvalue weighted by Crippen LogP contribution is 2.31. The second-order valence-corrected chi connectivity index (χ2v) is 10.7. The summed E-state index contributed by atoms with van der Waals surface area (Å²) >= 11 is 0. The van der Waals surface area contributed by atoms with Gasteiger partial charge in [0.2, 0.25) is 0 Å². The predicted octanol–water partition coefficient (Wildman–Crippen LogP) is 6.67. The number of benzene rings is 2. The molecule has 0 heterocycles. The van der Waals surface area contributed by atoms with Crippen LogP contribution in [0.3, 0.4) is 0 Å². The first-order valence-corrected chi connectivity index (χ1v) is 10.9. The molecule has 158 valence electrons.